The Morgan fingerprint density at radius 3 is 2.56 bits per heavy atom. The molecule has 0 spiro atoms. The second kappa shape index (κ2) is 8.90. The number of carbonyl (C=O) groups is 2. The second-order valence-electron chi connectivity index (χ2n) is 6.94. The minimum atomic E-state index is -0.821. The van der Waals surface area contributed by atoms with Crippen LogP contribution in [0.25, 0.3) is 22.6 Å². The van der Waals surface area contributed by atoms with Crippen LogP contribution in [-0.4, -0.2) is 22.9 Å². The smallest absolute Gasteiger partial charge is 0.265 e. The van der Waals surface area contributed by atoms with Gasteiger partial charge in [-0.3, -0.25) is 9.59 Å². The molecule has 32 heavy (non-hydrogen) atoms. The highest BCUT2D eigenvalue weighted by molar-refractivity contribution is 6.42. The Morgan fingerprint density at radius 2 is 1.84 bits per heavy atom. The van der Waals surface area contributed by atoms with E-state index in [2.05, 4.69) is 10.3 Å². The molecule has 4 aromatic rings. The SMILES string of the molecule is C[C@H](Oc1cccc(Cl)c1Cl)C(=O)Nc1ccc2oc(-c3ccc(C(N)=O)cc3)nc2c1. The Labute approximate surface area is 193 Å². The summed E-state index contributed by atoms with van der Waals surface area (Å²) < 4.78 is 11.4. The van der Waals surface area contributed by atoms with E-state index in [0.29, 0.717) is 44.6 Å². The highest BCUT2D eigenvalue weighted by Gasteiger charge is 2.18. The molecular weight excluding hydrogens is 453 g/mol. The quantitative estimate of drug-likeness (QED) is 0.397. The Hall–Kier alpha value is -3.55. The third kappa shape index (κ3) is 4.54. The lowest BCUT2D eigenvalue weighted by atomic mass is 10.1. The molecule has 1 heterocycles. The number of hydrogen-bond acceptors (Lipinski definition) is 5. The monoisotopic (exact) mass is 469 g/mol. The molecule has 9 heteroatoms. The molecule has 1 aromatic heterocycles. The van der Waals surface area contributed by atoms with E-state index in [9.17, 15) is 9.59 Å². The molecule has 7 nitrogen and oxygen atoms in total. The summed E-state index contributed by atoms with van der Waals surface area (Å²) in [5.41, 5.74) is 7.98. The molecule has 0 aliphatic heterocycles. The third-order valence-electron chi connectivity index (χ3n) is 4.66. The zero-order chi connectivity index (χ0) is 22.8. The van der Waals surface area contributed by atoms with Crippen molar-refractivity contribution in [2.45, 2.75) is 13.0 Å². The molecule has 1 atom stereocenters. The fourth-order valence-electron chi connectivity index (χ4n) is 2.97. The molecule has 0 aliphatic rings. The van der Waals surface area contributed by atoms with Crippen molar-refractivity contribution in [3.63, 3.8) is 0 Å². The predicted molar refractivity (Wildman–Crippen MR) is 123 cm³/mol. The second-order valence-corrected chi connectivity index (χ2v) is 7.73. The predicted octanol–water partition coefficient (Wildman–Crippen LogP) is 5.31. The summed E-state index contributed by atoms with van der Waals surface area (Å²) in [5.74, 6) is -0.177. The average molecular weight is 470 g/mol. The lowest BCUT2D eigenvalue weighted by molar-refractivity contribution is -0.122. The fourth-order valence-corrected chi connectivity index (χ4v) is 3.31. The van der Waals surface area contributed by atoms with Crippen LogP contribution < -0.4 is 15.8 Å². The van der Waals surface area contributed by atoms with Crippen molar-refractivity contribution in [1.29, 1.82) is 0 Å². The molecule has 0 radical (unpaired) electrons. The van der Waals surface area contributed by atoms with Gasteiger partial charge in [-0.25, -0.2) is 4.98 Å². The van der Waals surface area contributed by atoms with E-state index in [1.807, 2.05) is 0 Å². The lowest BCUT2D eigenvalue weighted by Crippen LogP contribution is -2.30. The van der Waals surface area contributed by atoms with Crippen molar-refractivity contribution in [2.24, 2.45) is 5.73 Å². The number of ether oxygens (including phenoxy) is 1. The highest BCUT2D eigenvalue weighted by Crippen LogP contribution is 2.32. The maximum atomic E-state index is 12.6. The van der Waals surface area contributed by atoms with Crippen LogP contribution in [0.5, 0.6) is 5.75 Å². The topological polar surface area (TPSA) is 107 Å². The summed E-state index contributed by atoms with van der Waals surface area (Å²) in [7, 11) is 0. The van der Waals surface area contributed by atoms with Gasteiger partial charge in [0.05, 0.1) is 5.02 Å². The number of fused-ring (bicyclic) bond motifs is 1. The van der Waals surface area contributed by atoms with E-state index in [0.717, 1.165) is 0 Å². The molecule has 3 N–H and O–H groups in total. The van der Waals surface area contributed by atoms with E-state index in [1.54, 1.807) is 67.6 Å². The minimum Gasteiger partial charge on any atom is -0.479 e. The van der Waals surface area contributed by atoms with E-state index in [1.165, 1.54) is 0 Å². The number of halogens is 2. The van der Waals surface area contributed by atoms with Crippen molar-refractivity contribution in [1.82, 2.24) is 4.98 Å². The molecular formula is C23H17Cl2N3O4. The number of benzene rings is 3. The Kier molecular flexibility index (Phi) is 6.03. The molecule has 3 aromatic carbocycles. The number of rotatable bonds is 6. The number of nitrogens with one attached hydrogen (secondary N) is 1. The first-order valence-electron chi connectivity index (χ1n) is 9.54. The molecule has 162 valence electrons. The molecule has 0 saturated heterocycles. The van der Waals surface area contributed by atoms with E-state index >= 15 is 0 Å². The third-order valence-corrected chi connectivity index (χ3v) is 5.46. The van der Waals surface area contributed by atoms with Crippen LogP contribution in [0.15, 0.2) is 65.1 Å². The van der Waals surface area contributed by atoms with Gasteiger partial charge in [-0.05, 0) is 61.5 Å². The minimum absolute atomic E-state index is 0.245. The van der Waals surface area contributed by atoms with Crippen LogP contribution in [0, 0.1) is 0 Å². The highest BCUT2D eigenvalue weighted by atomic mass is 35.5. The van der Waals surface area contributed by atoms with Crippen LogP contribution >= 0.6 is 23.2 Å². The van der Waals surface area contributed by atoms with Crippen molar-refractivity contribution in [3.05, 3.63) is 76.3 Å². The van der Waals surface area contributed by atoms with Crippen LogP contribution in [-0.2, 0) is 4.79 Å². The number of primary amides is 1. The van der Waals surface area contributed by atoms with Gasteiger partial charge in [-0.1, -0.05) is 29.3 Å². The van der Waals surface area contributed by atoms with Gasteiger partial charge in [0.15, 0.2) is 11.7 Å². The summed E-state index contributed by atoms with van der Waals surface area (Å²) in [6, 6.07) is 16.7. The fraction of sp³-hybridized carbons (Fsp3) is 0.0870. The molecule has 0 saturated carbocycles. The molecule has 0 unspecified atom stereocenters. The van der Waals surface area contributed by atoms with Gasteiger partial charge in [0, 0.05) is 16.8 Å². The zero-order valence-electron chi connectivity index (χ0n) is 16.8. The zero-order valence-corrected chi connectivity index (χ0v) is 18.3. The van der Waals surface area contributed by atoms with E-state index in [4.69, 9.17) is 38.1 Å². The van der Waals surface area contributed by atoms with Gasteiger partial charge in [0.25, 0.3) is 5.91 Å². The van der Waals surface area contributed by atoms with Crippen molar-refractivity contribution < 1.29 is 18.7 Å². The van der Waals surface area contributed by atoms with Crippen LogP contribution in [0.3, 0.4) is 0 Å². The molecule has 0 bridgehead atoms. The number of nitrogens with zero attached hydrogens (tertiary/aromatic N) is 1. The van der Waals surface area contributed by atoms with Crippen LogP contribution in [0.4, 0.5) is 5.69 Å². The van der Waals surface area contributed by atoms with Gasteiger partial charge in [-0.2, -0.15) is 0 Å². The van der Waals surface area contributed by atoms with Crippen LogP contribution in [0.2, 0.25) is 10.0 Å². The summed E-state index contributed by atoms with van der Waals surface area (Å²) in [6.45, 7) is 1.61. The summed E-state index contributed by atoms with van der Waals surface area (Å²) in [6.07, 6.45) is -0.821. The Bertz CT molecular complexity index is 1320. The van der Waals surface area contributed by atoms with Gasteiger partial charge in [0.1, 0.15) is 16.3 Å². The van der Waals surface area contributed by atoms with Crippen LogP contribution in [0.1, 0.15) is 17.3 Å². The average Bonchev–Trinajstić information content (AvgIpc) is 3.20. The van der Waals surface area contributed by atoms with Gasteiger partial charge < -0.3 is 20.2 Å². The summed E-state index contributed by atoms with van der Waals surface area (Å²) in [4.78, 5) is 28.3. The Morgan fingerprint density at radius 1 is 1.09 bits per heavy atom. The maximum absolute atomic E-state index is 12.6. The number of oxazole rings is 1. The number of hydrogen-bond donors (Lipinski definition) is 2. The van der Waals surface area contributed by atoms with Gasteiger partial charge in [-0.15, -0.1) is 0 Å². The normalized spacial score (nSPS) is 11.8. The van der Waals surface area contributed by atoms with Crippen molar-refractivity contribution in [2.75, 3.05) is 5.32 Å². The summed E-state index contributed by atoms with van der Waals surface area (Å²) in [5, 5.41) is 3.37. The lowest BCUT2D eigenvalue weighted by Gasteiger charge is -2.16. The molecule has 0 aliphatic carbocycles. The molecule has 2 amide bonds. The van der Waals surface area contributed by atoms with Gasteiger partial charge >= 0.3 is 0 Å². The van der Waals surface area contributed by atoms with E-state index in [-0.39, 0.29) is 10.9 Å². The van der Waals surface area contributed by atoms with Crippen molar-refractivity contribution in [3.8, 4) is 17.2 Å². The number of nitrogens with two attached hydrogens (primary N) is 1. The standard InChI is InChI=1S/C23H17Cl2N3O4/c1-12(31-19-4-2-3-16(24)20(19)25)22(30)27-15-9-10-18-17(11-15)28-23(32-18)14-7-5-13(6-8-14)21(26)29/h2-12H,1H3,(H2,26,29)(H,27,30)/t12-/m0/s1. The first-order chi connectivity index (χ1) is 15.3. The number of carbonyl (C=O) groups excluding carboxylic acids is 2. The number of amides is 2. The number of aromatic nitrogens is 1. The van der Waals surface area contributed by atoms with Gasteiger partial charge in [0.2, 0.25) is 11.8 Å². The maximum Gasteiger partial charge on any atom is 0.265 e. The first kappa shape index (κ1) is 21.7. The number of anilines is 1. The summed E-state index contributed by atoms with van der Waals surface area (Å²) >= 11 is 12.1. The largest absolute Gasteiger partial charge is 0.479 e. The van der Waals surface area contributed by atoms with E-state index < -0.39 is 12.0 Å². The van der Waals surface area contributed by atoms with Crippen molar-refractivity contribution >= 4 is 51.8 Å². The first-order valence-corrected chi connectivity index (χ1v) is 10.3. The Balaban J connectivity index is 1.49. The molecule has 0 fully saturated rings. The molecule has 4 rings (SSSR count).